The number of aryl methyl sites for hydroxylation is 1. The summed E-state index contributed by atoms with van der Waals surface area (Å²) < 4.78 is 19.2. The van der Waals surface area contributed by atoms with Gasteiger partial charge in [-0.25, -0.2) is 4.68 Å². The quantitative estimate of drug-likeness (QED) is 0.107. The number of thioether (sulfide) groups is 1. The molecule has 6 rings (SSSR count). The van der Waals surface area contributed by atoms with Crippen LogP contribution in [0.25, 0.3) is 23.0 Å². The lowest BCUT2D eigenvalue weighted by Gasteiger charge is -2.15. The molecule has 1 amide bonds. The van der Waals surface area contributed by atoms with Crippen molar-refractivity contribution in [1.29, 1.82) is 0 Å². The zero-order valence-corrected chi connectivity index (χ0v) is 27.4. The Morgan fingerprint density at radius 2 is 1.59 bits per heavy atom. The van der Waals surface area contributed by atoms with Gasteiger partial charge in [-0.05, 0) is 79.1 Å². The van der Waals surface area contributed by atoms with Crippen LogP contribution in [0.15, 0.2) is 108 Å². The van der Waals surface area contributed by atoms with Gasteiger partial charge in [-0.15, -0.1) is 0 Å². The highest BCUT2D eigenvalue weighted by molar-refractivity contribution is 8.26. The number of rotatable bonds is 11. The van der Waals surface area contributed by atoms with Crippen molar-refractivity contribution in [2.45, 2.75) is 20.0 Å². The van der Waals surface area contributed by atoms with E-state index in [1.165, 1.54) is 17.3 Å². The van der Waals surface area contributed by atoms with Crippen LogP contribution in [0.3, 0.4) is 0 Å². The van der Waals surface area contributed by atoms with E-state index in [4.69, 9.17) is 31.5 Å². The predicted octanol–water partition coefficient (Wildman–Crippen LogP) is 7.89. The number of thiocarbonyl (C=S) groups is 1. The number of aromatic nitrogens is 2. The first-order valence-electron chi connectivity index (χ1n) is 14.8. The molecule has 0 unspecified atom stereocenters. The third-order valence-corrected chi connectivity index (χ3v) is 9.03. The molecule has 4 aromatic carbocycles. The Kier molecular flexibility index (Phi) is 9.51. The Morgan fingerprint density at radius 3 is 2.30 bits per heavy atom. The van der Waals surface area contributed by atoms with E-state index in [-0.39, 0.29) is 5.91 Å². The fourth-order valence-corrected chi connectivity index (χ4v) is 6.40. The molecule has 9 heteroatoms. The van der Waals surface area contributed by atoms with E-state index in [2.05, 4.69) is 31.2 Å². The Balaban J connectivity index is 1.23. The number of ether oxygens (including phenoxy) is 3. The van der Waals surface area contributed by atoms with Gasteiger partial charge in [0.25, 0.3) is 5.91 Å². The van der Waals surface area contributed by atoms with Crippen molar-refractivity contribution in [1.82, 2.24) is 14.7 Å². The van der Waals surface area contributed by atoms with Crippen LogP contribution < -0.4 is 14.2 Å². The molecule has 46 heavy (non-hydrogen) atoms. The number of carbonyl (C=O) groups is 1. The summed E-state index contributed by atoms with van der Waals surface area (Å²) in [6.07, 6.45) is 4.46. The Morgan fingerprint density at radius 1 is 0.870 bits per heavy atom. The molecule has 1 aliphatic rings. The van der Waals surface area contributed by atoms with E-state index < -0.39 is 0 Å². The van der Waals surface area contributed by atoms with Crippen LogP contribution in [-0.2, 0) is 17.8 Å². The molecular formula is C37H33N3O4S2. The molecule has 232 valence electrons. The average molecular weight is 648 g/mol. The zero-order chi connectivity index (χ0) is 32.0. The highest BCUT2D eigenvalue weighted by atomic mass is 32.2. The topological polar surface area (TPSA) is 65.8 Å². The highest BCUT2D eigenvalue weighted by Crippen LogP contribution is 2.36. The minimum atomic E-state index is -0.117. The van der Waals surface area contributed by atoms with Crippen LogP contribution in [0.2, 0.25) is 0 Å². The van der Waals surface area contributed by atoms with Crippen LogP contribution in [0.1, 0.15) is 22.3 Å². The van der Waals surface area contributed by atoms with Gasteiger partial charge in [0.1, 0.15) is 16.7 Å². The van der Waals surface area contributed by atoms with Crippen molar-refractivity contribution < 1.29 is 19.0 Å². The molecule has 0 spiro atoms. The lowest BCUT2D eigenvalue weighted by molar-refractivity contribution is -0.122. The number of hydrogen-bond donors (Lipinski definition) is 0. The molecule has 1 saturated heterocycles. The summed E-state index contributed by atoms with van der Waals surface area (Å²) in [7, 11) is 3.22. The first kappa shape index (κ1) is 31.1. The Bertz CT molecular complexity index is 1880. The van der Waals surface area contributed by atoms with Crippen molar-refractivity contribution in [3.63, 3.8) is 0 Å². The lowest BCUT2D eigenvalue weighted by Crippen LogP contribution is -2.30. The van der Waals surface area contributed by atoms with Crippen molar-refractivity contribution in [2.75, 3.05) is 20.8 Å². The summed E-state index contributed by atoms with van der Waals surface area (Å²) in [4.78, 5) is 15.8. The standard InChI is InChI=1S/C37H33N3O4S2/c1-25-9-11-27(12-10-25)24-44-31-16-14-28(15-17-31)35-29(23-40(38-35)30-7-5-4-6-8-30)22-34-36(41)39(37(45)46-34)20-19-26-13-18-32(42-2)33(21-26)43-3/h4-18,21-23H,19-20,24H2,1-3H3/b34-22-. The fraction of sp³-hybridized carbons (Fsp3) is 0.162. The van der Waals surface area contributed by atoms with Crippen LogP contribution in [0.5, 0.6) is 17.2 Å². The van der Waals surface area contributed by atoms with Crippen LogP contribution in [0.4, 0.5) is 0 Å². The van der Waals surface area contributed by atoms with Crippen molar-refractivity contribution in [3.05, 3.63) is 130 Å². The summed E-state index contributed by atoms with van der Waals surface area (Å²) in [6.45, 7) is 3.01. The summed E-state index contributed by atoms with van der Waals surface area (Å²) in [5.41, 5.74) is 6.75. The molecular weight excluding hydrogens is 615 g/mol. The molecule has 0 saturated carbocycles. The summed E-state index contributed by atoms with van der Waals surface area (Å²) in [5, 5.41) is 4.94. The molecule has 5 aromatic rings. The normalized spacial score (nSPS) is 13.8. The van der Waals surface area contributed by atoms with E-state index in [0.717, 1.165) is 39.4 Å². The molecule has 1 aliphatic heterocycles. The van der Waals surface area contributed by atoms with Gasteiger partial charge >= 0.3 is 0 Å². The molecule has 7 nitrogen and oxygen atoms in total. The second-order valence-corrected chi connectivity index (χ2v) is 12.5. The molecule has 1 aromatic heterocycles. The second kappa shape index (κ2) is 14.1. The van der Waals surface area contributed by atoms with Crippen LogP contribution in [0, 0.1) is 6.92 Å². The summed E-state index contributed by atoms with van der Waals surface area (Å²) >= 11 is 6.96. The molecule has 1 fully saturated rings. The van der Waals surface area contributed by atoms with Crippen LogP contribution >= 0.6 is 24.0 Å². The maximum atomic E-state index is 13.6. The molecule has 0 atom stereocenters. The van der Waals surface area contributed by atoms with Gasteiger partial charge in [-0.1, -0.05) is 78.1 Å². The number of amides is 1. The maximum Gasteiger partial charge on any atom is 0.266 e. The SMILES string of the molecule is COc1ccc(CCN2C(=O)/C(=C/c3cn(-c4ccccc4)nc3-c3ccc(OCc4ccc(C)cc4)cc3)SC2=S)cc1OC. The molecule has 0 radical (unpaired) electrons. The number of carbonyl (C=O) groups excluding carboxylic acids is 1. The zero-order valence-electron chi connectivity index (χ0n) is 25.8. The molecule has 0 aliphatic carbocycles. The monoisotopic (exact) mass is 647 g/mol. The summed E-state index contributed by atoms with van der Waals surface area (Å²) in [6, 6.07) is 31.9. The van der Waals surface area contributed by atoms with Gasteiger partial charge in [0, 0.05) is 23.9 Å². The van der Waals surface area contributed by atoms with Gasteiger partial charge in [0.05, 0.1) is 30.5 Å². The second-order valence-electron chi connectivity index (χ2n) is 10.8. The van der Waals surface area contributed by atoms with E-state index in [1.807, 2.05) is 89.8 Å². The van der Waals surface area contributed by atoms with E-state index in [0.29, 0.717) is 40.3 Å². The maximum absolute atomic E-state index is 13.6. The Hall–Kier alpha value is -4.86. The Labute approximate surface area is 278 Å². The molecule has 2 heterocycles. The minimum Gasteiger partial charge on any atom is -0.493 e. The third kappa shape index (κ3) is 7.01. The first-order valence-corrected chi connectivity index (χ1v) is 16.0. The van der Waals surface area contributed by atoms with Gasteiger partial charge in [0.2, 0.25) is 0 Å². The number of benzene rings is 4. The lowest BCUT2D eigenvalue weighted by atomic mass is 10.1. The smallest absolute Gasteiger partial charge is 0.266 e. The van der Waals surface area contributed by atoms with E-state index in [9.17, 15) is 4.79 Å². The van der Waals surface area contributed by atoms with Gasteiger partial charge < -0.3 is 14.2 Å². The summed E-state index contributed by atoms with van der Waals surface area (Å²) in [5.74, 6) is 1.97. The van der Waals surface area contributed by atoms with Gasteiger partial charge in [-0.2, -0.15) is 5.10 Å². The first-order chi connectivity index (χ1) is 22.4. The number of hydrogen-bond acceptors (Lipinski definition) is 7. The molecule has 0 N–H and O–H groups in total. The number of para-hydroxylation sites is 1. The minimum absolute atomic E-state index is 0.117. The fourth-order valence-electron chi connectivity index (χ4n) is 5.10. The predicted molar refractivity (Wildman–Crippen MR) is 188 cm³/mol. The van der Waals surface area contributed by atoms with Crippen molar-refractivity contribution in [2.24, 2.45) is 0 Å². The van der Waals surface area contributed by atoms with Crippen molar-refractivity contribution in [3.8, 4) is 34.2 Å². The number of methoxy groups -OCH3 is 2. The van der Waals surface area contributed by atoms with E-state index in [1.54, 1.807) is 19.1 Å². The highest BCUT2D eigenvalue weighted by Gasteiger charge is 2.32. The van der Waals surface area contributed by atoms with Crippen molar-refractivity contribution >= 4 is 40.3 Å². The average Bonchev–Trinajstić information content (AvgIpc) is 3.63. The molecule has 0 bridgehead atoms. The third-order valence-electron chi connectivity index (χ3n) is 7.65. The largest absolute Gasteiger partial charge is 0.493 e. The van der Waals surface area contributed by atoms with Crippen LogP contribution in [-0.4, -0.2) is 45.7 Å². The van der Waals surface area contributed by atoms with Gasteiger partial charge in [-0.3, -0.25) is 9.69 Å². The number of nitrogens with zero attached hydrogens (tertiary/aromatic N) is 3. The van der Waals surface area contributed by atoms with E-state index >= 15 is 0 Å². The van der Waals surface area contributed by atoms with Gasteiger partial charge in [0.15, 0.2) is 11.5 Å².